The summed E-state index contributed by atoms with van der Waals surface area (Å²) < 4.78 is 4.91. The minimum Gasteiger partial charge on any atom is -0.466 e. The largest absolute Gasteiger partial charge is 0.466 e. The fourth-order valence-corrected chi connectivity index (χ4v) is 3.18. The third-order valence-electron chi connectivity index (χ3n) is 4.64. The van der Waals surface area contributed by atoms with Crippen LogP contribution in [-0.4, -0.2) is 48.5 Å². The van der Waals surface area contributed by atoms with E-state index in [2.05, 4.69) is 10.6 Å². The number of ether oxygens (including phenoxy) is 1. The Morgan fingerprint density at radius 1 is 1.23 bits per heavy atom. The van der Waals surface area contributed by atoms with Crippen LogP contribution in [0.2, 0.25) is 0 Å². The van der Waals surface area contributed by atoms with E-state index in [1.807, 2.05) is 4.90 Å². The van der Waals surface area contributed by atoms with Crippen molar-refractivity contribution in [1.29, 1.82) is 0 Å². The summed E-state index contributed by atoms with van der Waals surface area (Å²) in [5.74, 6) is 0.120. The van der Waals surface area contributed by atoms with Crippen molar-refractivity contribution in [3.63, 3.8) is 0 Å². The van der Waals surface area contributed by atoms with E-state index in [1.165, 1.54) is 0 Å². The van der Waals surface area contributed by atoms with Crippen molar-refractivity contribution >= 4 is 23.6 Å². The van der Waals surface area contributed by atoms with Gasteiger partial charge in [0, 0.05) is 37.2 Å². The van der Waals surface area contributed by atoms with E-state index in [4.69, 9.17) is 4.74 Å². The van der Waals surface area contributed by atoms with Gasteiger partial charge in [0.15, 0.2) is 0 Å². The van der Waals surface area contributed by atoms with E-state index in [1.54, 1.807) is 31.2 Å². The Morgan fingerprint density at radius 2 is 1.96 bits per heavy atom. The number of nitrogens with zero attached hydrogens (tertiary/aromatic N) is 1. The number of rotatable bonds is 7. The van der Waals surface area contributed by atoms with Crippen molar-refractivity contribution in [2.75, 3.05) is 25.0 Å². The van der Waals surface area contributed by atoms with E-state index >= 15 is 0 Å². The molecule has 3 amide bonds. The SMILES string of the molecule is CCOC(=O)Cc1ccc(NC(=O)NC[C@@H]2CC(=O)N(C3CC3)C2)cc1. The minimum atomic E-state index is -0.291. The summed E-state index contributed by atoms with van der Waals surface area (Å²) in [6, 6.07) is 7.23. The monoisotopic (exact) mass is 359 g/mol. The highest BCUT2D eigenvalue weighted by molar-refractivity contribution is 5.89. The van der Waals surface area contributed by atoms with Gasteiger partial charge in [0.05, 0.1) is 13.0 Å². The first-order valence-corrected chi connectivity index (χ1v) is 9.14. The second-order valence-corrected chi connectivity index (χ2v) is 6.86. The average molecular weight is 359 g/mol. The van der Waals surface area contributed by atoms with Crippen LogP contribution in [0, 0.1) is 5.92 Å². The number of anilines is 1. The number of nitrogens with one attached hydrogen (secondary N) is 2. The molecule has 1 aliphatic carbocycles. The Bertz CT molecular complexity index is 670. The second-order valence-electron chi connectivity index (χ2n) is 6.86. The van der Waals surface area contributed by atoms with Gasteiger partial charge in [-0.2, -0.15) is 0 Å². The third kappa shape index (κ3) is 4.97. The first-order chi connectivity index (χ1) is 12.5. The smallest absolute Gasteiger partial charge is 0.319 e. The molecular weight excluding hydrogens is 334 g/mol. The summed E-state index contributed by atoms with van der Waals surface area (Å²) >= 11 is 0. The molecule has 1 saturated carbocycles. The first-order valence-electron chi connectivity index (χ1n) is 9.14. The topological polar surface area (TPSA) is 87.7 Å². The van der Waals surface area contributed by atoms with E-state index in [-0.39, 0.29) is 30.2 Å². The summed E-state index contributed by atoms with van der Waals surface area (Å²) in [6.45, 7) is 3.37. The highest BCUT2D eigenvalue weighted by atomic mass is 16.5. The molecule has 0 aromatic heterocycles. The number of benzene rings is 1. The molecule has 2 N–H and O–H groups in total. The van der Waals surface area contributed by atoms with Crippen LogP contribution in [0.15, 0.2) is 24.3 Å². The maximum atomic E-state index is 12.0. The van der Waals surface area contributed by atoms with Crippen LogP contribution in [0.25, 0.3) is 0 Å². The van der Waals surface area contributed by atoms with Crippen molar-refractivity contribution in [3.8, 4) is 0 Å². The Balaban J connectivity index is 1.40. The van der Waals surface area contributed by atoms with Gasteiger partial charge in [0.25, 0.3) is 0 Å². The molecule has 1 atom stereocenters. The Morgan fingerprint density at radius 3 is 2.62 bits per heavy atom. The number of hydrogen-bond donors (Lipinski definition) is 2. The fraction of sp³-hybridized carbons (Fsp3) is 0.526. The lowest BCUT2D eigenvalue weighted by atomic mass is 10.1. The third-order valence-corrected chi connectivity index (χ3v) is 4.64. The molecule has 7 heteroatoms. The van der Waals surface area contributed by atoms with E-state index in [0.717, 1.165) is 24.9 Å². The molecular formula is C19H25N3O4. The van der Waals surface area contributed by atoms with Gasteiger partial charge >= 0.3 is 12.0 Å². The van der Waals surface area contributed by atoms with Crippen LogP contribution in [0.4, 0.5) is 10.5 Å². The number of esters is 1. The predicted octanol–water partition coefficient (Wildman–Crippen LogP) is 1.92. The van der Waals surface area contributed by atoms with Gasteiger partial charge in [-0.05, 0) is 37.5 Å². The number of amides is 3. The number of carbonyl (C=O) groups excluding carboxylic acids is 3. The molecule has 1 aliphatic heterocycles. The van der Waals surface area contributed by atoms with Crippen molar-refractivity contribution in [1.82, 2.24) is 10.2 Å². The van der Waals surface area contributed by atoms with Gasteiger partial charge in [-0.3, -0.25) is 9.59 Å². The zero-order chi connectivity index (χ0) is 18.5. The van der Waals surface area contributed by atoms with Crippen LogP contribution in [0.5, 0.6) is 0 Å². The lowest BCUT2D eigenvalue weighted by Crippen LogP contribution is -2.34. The van der Waals surface area contributed by atoms with Crippen molar-refractivity contribution in [2.45, 2.75) is 38.6 Å². The molecule has 26 heavy (non-hydrogen) atoms. The van der Waals surface area contributed by atoms with Gasteiger partial charge < -0.3 is 20.3 Å². The number of carbonyl (C=O) groups is 3. The van der Waals surface area contributed by atoms with E-state index in [0.29, 0.717) is 31.3 Å². The molecule has 0 radical (unpaired) electrons. The number of hydrogen-bond acceptors (Lipinski definition) is 4. The molecule has 1 aromatic rings. The Labute approximate surface area is 153 Å². The summed E-state index contributed by atoms with van der Waals surface area (Å²) in [5, 5.41) is 5.60. The van der Waals surface area contributed by atoms with Crippen molar-refractivity contribution < 1.29 is 19.1 Å². The van der Waals surface area contributed by atoms with Crippen LogP contribution >= 0.6 is 0 Å². The van der Waals surface area contributed by atoms with Crippen LogP contribution < -0.4 is 10.6 Å². The van der Waals surface area contributed by atoms with E-state index < -0.39 is 0 Å². The highest BCUT2D eigenvalue weighted by Crippen LogP contribution is 2.32. The molecule has 2 fully saturated rings. The molecule has 0 unspecified atom stereocenters. The summed E-state index contributed by atoms with van der Waals surface area (Å²) in [7, 11) is 0. The molecule has 1 aromatic carbocycles. The van der Waals surface area contributed by atoms with Gasteiger partial charge in [0.1, 0.15) is 0 Å². The van der Waals surface area contributed by atoms with Crippen LogP contribution in [0.3, 0.4) is 0 Å². The minimum absolute atomic E-state index is 0.181. The summed E-state index contributed by atoms with van der Waals surface area (Å²) in [5.41, 5.74) is 1.48. The second kappa shape index (κ2) is 8.21. The van der Waals surface area contributed by atoms with Gasteiger partial charge in [0.2, 0.25) is 5.91 Å². The molecule has 2 aliphatic rings. The summed E-state index contributed by atoms with van der Waals surface area (Å²) in [4.78, 5) is 37.3. The highest BCUT2D eigenvalue weighted by Gasteiger charge is 2.39. The standard InChI is InChI=1S/C19H25N3O4/c1-2-26-18(24)10-13-3-5-15(6-4-13)21-19(25)20-11-14-9-17(23)22(12-14)16-7-8-16/h3-6,14,16H,2,7-12H2,1H3,(H2,20,21,25)/t14-/m0/s1. The van der Waals surface area contributed by atoms with Crippen molar-refractivity contribution in [2.24, 2.45) is 5.92 Å². The Kier molecular flexibility index (Phi) is 5.75. The molecule has 0 bridgehead atoms. The maximum Gasteiger partial charge on any atom is 0.319 e. The normalized spacial score (nSPS) is 19.3. The van der Waals surface area contributed by atoms with E-state index in [9.17, 15) is 14.4 Å². The van der Waals surface area contributed by atoms with Crippen molar-refractivity contribution in [3.05, 3.63) is 29.8 Å². The zero-order valence-electron chi connectivity index (χ0n) is 15.0. The lowest BCUT2D eigenvalue weighted by Gasteiger charge is -2.16. The molecule has 1 heterocycles. The Hall–Kier alpha value is -2.57. The fourth-order valence-electron chi connectivity index (χ4n) is 3.18. The maximum absolute atomic E-state index is 12.0. The van der Waals surface area contributed by atoms with Gasteiger partial charge in [-0.15, -0.1) is 0 Å². The lowest BCUT2D eigenvalue weighted by molar-refractivity contribution is -0.142. The molecule has 3 rings (SSSR count). The predicted molar refractivity (Wildman–Crippen MR) is 96.6 cm³/mol. The quantitative estimate of drug-likeness (QED) is 0.728. The van der Waals surface area contributed by atoms with Gasteiger partial charge in [-0.1, -0.05) is 12.1 Å². The average Bonchev–Trinajstić information content (AvgIpc) is 3.38. The van der Waals surface area contributed by atoms with Crippen LogP contribution in [0.1, 0.15) is 31.7 Å². The van der Waals surface area contributed by atoms with Gasteiger partial charge in [-0.25, -0.2) is 4.79 Å². The number of urea groups is 1. The zero-order valence-corrected chi connectivity index (χ0v) is 15.0. The molecule has 140 valence electrons. The number of likely N-dealkylation sites (tertiary alicyclic amines) is 1. The molecule has 7 nitrogen and oxygen atoms in total. The summed E-state index contributed by atoms with van der Waals surface area (Å²) in [6.07, 6.45) is 2.95. The molecule has 0 spiro atoms. The molecule has 1 saturated heterocycles. The first kappa shape index (κ1) is 18.2. The van der Waals surface area contributed by atoms with Crippen LogP contribution in [-0.2, 0) is 20.7 Å².